The van der Waals surface area contributed by atoms with Crippen LogP contribution in [0.2, 0.25) is 5.02 Å². The first kappa shape index (κ1) is 20.4. The molecule has 0 aliphatic carbocycles. The second-order valence-electron chi connectivity index (χ2n) is 7.46. The Kier molecular flexibility index (Phi) is 7.35. The van der Waals surface area contributed by atoms with Gasteiger partial charge in [-0.25, -0.2) is 0 Å². The fourth-order valence-corrected chi connectivity index (χ4v) is 3.96. The van der Waals surface area contributed by atoms with Crippen LogP contribution in [-0.2, 0) is 16.1 Å². The molecule has 0 aromatic heterocycles. The molecule has 0 saturated carbocycles. The summed E-state index contributed by atoms with van der Waals surface area (Å²) in [5.74, 6) is -0.280. The number of piperidine rings is 1. The van der Waals surface area contributed by atoms with Crippen molar-refractivity contribution in [2.45, 2.75) is 32.4 Å². The number of carboxylic acids is 1. The molecule has 1 aromatic rings. The molecule has 0 amide bonds. The largest absolute Gasteiger partial charge is 0.491 e. The molecule has 6 nitrogen and oxygen atoms in total. The molecule has 0 spiro atoms. The van der Waals surface area contributed by atoms with Crippen LogP contribution < -0.4 is 4.74 Å². The Bertz CT molecular complexity index is 636. The number of benzene rings is 1. The van der Waals surface area contributed by atoms with Gasteiger partial charge in [0.1, 0.15) is 12.4 Å². The number of hydrogen-bond donors (Lipinski definition) is 1. The number of likely N-dealkylation sites (tertiary alicyclic amines) is 1. The molecule has 27 heavy (non-hydrogen) atoms. The molecule has 2 aliphatic heterocycles. The molecule has 0 bridgehead atoms. The van der Waals surface area contributed by atoms with E-state index < -0.39 is 5.97 Å². The van der Waals surface area contributed by atoms with Crippen molar-refractivity contribution in [3.8, 4) is 5.75 Å². The molecule has 2 atom stereocenters. The minimum Gasteiger partial charge on any atom is -0.491 e. The van der Waals surface area contributed by atoms with Gasteiger partial charge in [-0.2, -0.15) is 0 Å². The zero-order valence-corrected chi connectivity index (χ0v) is 16.7. The summed E-state index contributed by atoms with van der Waals surface area (Å²) < 4.78 is 11.2. The van der Waals surface area contributed by atoms with Gasteiger partial charge in [0.2, 0.25) is 0 Å². The lowest BCUT2D eigenvalue weighted by molar-refractivity contribution is -0.144. The van der Waals surface area contributed by atoms with Gasteiger partial charge in [-0.15, -0.1) is 0 Å². The zero-order chi connectivity index (χ0) is 19.2. The van der Waals surface area contributed by atoms with E-state index in [1.165, 1.54) is 0 Å². The summed E-state index contributed by atoms with van der Waals surface area (Å²) in [4.78, 5) is 15.8. The van der Waals surface area contributed by atoms with Crippen molar-refractivity contribution >= 4 is 17.6 Å². The Morgan fingerprint density at radius 1 is 1.33 bits per heavy atom. The molecule has 1 aromatic carbocycles. The first-order chi connectivity index (χ1) is 13.0. The van der Waals surface area contributed by atoms with E-state index in [4.69, 9.17) is 21.1 Å². The smallest absolute Gasteiger partial charge is 0.307 e. The highest BCUT2D eigenvalue weighted by Crippen LogP contribution is 2.28. The van der Waals surface area contributed by atoms with Crippen molar-refractivity contribution in [3.63, 3.8) is 0 Å². The molecule has 3 rings (SSSR count). The Hall–Kier alpha value is -1.34. The molecule has 2 fully saturated rings. The molecule has 0 radical (unpaired) electrons. The summed E-state index contributed by atoms with van der Waals surface area (Å²) in [6.07, 6.45) is 1.66. The average molecular weight is 397 g/mol. The molecule has 2 heterocycles. The van der Waals surface area contributed by atoms with Crippen molar-refractivity contribution in [2.75, 3.05) is 46.0 Å². The van der Waals surface area contributed by atoms with Crippen LogP contribution in [0.1, 0.15) is 25.3 Å². The normalized spacial score (nSPS) is 24.7. The monoisotopic (exact) mass is 396 g/mol. The molecule has 7 heteroatoms. The van der Waals surface area contributed by atoms with E-state index in [1.54, 1.807) is 0 Å². The average Bonchev–Trinajstić information content (AvgIpc) is 2.66. The van der Waals surface area contributed by atoms with E-state index in [0.717, 1.165) is 51.3 Å². The maximum absolute atomic E-state index is 11.3. The second kappa shape index (κ2) is 9.73. The van der Waals surface area contributed by atoms with Crippen LogP contribution in [0.25, 0.3) is 0 Å². The van der Waals surface area contributed by atoms with E-state index in [9.17, 15) is 9.90 Å². The topological polar surface area (TPSA) is 62.2 Å². The van der Waals surface area contributed by atoms with Crippen LogP contribution in [0.3, 0.4) is 0 Å². The SMILES string of the molecule is CC1CCC(C(=O)O)CN1Cc1ccc(OCCN2CCOCC2)c(Cl)c1. The van der Waals surface area contributed by atoms with E-state index in [2.05, 4.69) is 16.7 Å². The maximum Gasteiger partial charge on any atom is 0.307 e. The lowest BCUT2D eigenvalue weighted by Crippen LogP contribution is -2.43. The molecule has 2 aliphatic rings. The third-order valence-corrected chi connectivity index (χ3v) is 5.81. The number of carbonyl (C=O) groups is 1. The van der Waals surface area contributed by atoms with Gasteiger partial charge >= 0.3 is 5.97 Å². The van der Waals surface area contributed by atoms with E-state index in [-0.39, 0.29) is 5.92 Å². The summed E-state index contributed by atoms with van der Waals surface area (Å²) in [6, 6.07) is 6.25. The summed E-state index contributed by atoms with van der Waals surface area (Å²) in [6.45, 7) is 8.38. The van der Waals surface area contributed by atoms with E-state index in [1.807, 2.05) is 18.2 Å². The van der Waals surface area contributed by atoms with Crippen molar-refractivity contribution in [2.24, 2.45) is 5.92 Å². The van der Waals surface area contributed by atoms with Crippen molar-refractivity contribution in [1.29, 1.82) is 0 Å². The maximum atomic E-state index is 11.3. The number of carboxylic acid groups (broad SMARTS) is 1. The van der Waals surface area contributed by atoms with Gasteiger partial charge in [0.05, 0.1) is 24.2 Å². The third kappa shape index (κ3) is 5.82. The Labute approximate surface area is 166 Å². The van der Waals surface area contributed by atoms with Gasteiger partial charge in [-0.05, 0) is 37.5 Å². The molecule has 2 unspecified atom stereocenters. The highest BCUT2D eigenvalue weighted by atomic mass is 35.5. The van der Waals surface area contributed by atoms with E-state index in [0.29, 0.717) is 36.5 Å². The van der Waals surface area contributed by atoms with Gasteiger partial charge < -0.3 is 14.6 Å². The number of morpholine rings is 1. The second-order valence-corrected chi connectivity index (χ2v) is 7.87. The zero-order valence-electron chi connectivity index (χ0n) is 15.9. The van der Waals surface area contributed by atoms with Crippen LogP contribution in [-0.4, -0.2) is 72.9 Å². The van der Waals surface area contributed by atoms with Crippen LogP contribution in [0.15, 0.2) is 18.2 Å². The number of ether oxygens (including phenoxy) is 2. The van der Waals surface area contributed by atoms with Gasteiger partial charge in [-0.3, -0.25) is 14.6 Å². The summed E-state index contributed by atoms with van der Waals surface area (Å²) in [7, 11) is 0. The number of hydrogen-bond acceptors (Lipinski definition) is 5. The highest BCUT2D eigenvalue weighted by molar-refractivity contribution is 6.32. The summed E-state index contributed by atoms with van der Waals surface area (Å²) in [5, 5.41) is 9.90. The minimum absolute atomic E-state index is 0.278. The van der Waals surface area contributed by atoms with Crippen molar-refractivity contribution in [3.05, 3.63) is 28.8 Å². The Morgan fingerprint density at radius 2 is 2.11 bits per heavy atom. The standard InChI is InChI=1S/C20H29ClN2O4/c1-15-2-4-17(20(24)25)14-23(15)13-16-3-5-19(18(21)12-16)27-11-8-22-6-9-26-10-7-22/h3,5,12,15,17H,2,4,6-11,13-14H2,1H3,(H,24,25). The number of aliphatic carboxylic acids is 1. The predicted molar refractivity (Wildman–Crippen MR) is 104 cm³/mol. The first-order valence-electron chi connectivity index (χ1n) is 9.71. The molecule has 1 N–H and O–H groups in total. The van der Waals surface area contributed by atoms with Crippen molar-refractivity contribution < 1.29 is 19.4 Å². The van der Waals surface area contributed by atoms with Crippen LogP contribution in [0.4, 0.5) is 0 Å². The number of nitrogens with zero attached hydrogens (tertiary/aromatic N) is 2. The van der Waals surface area contributed by atoms with Gasteiger partial charge in [0, 0.05) is 38.8 Å². The lowest BCUT2D eigenvalue weighted by atomic mass is 9.93. The summed E-state index contributed by atoms with van der Waals surface area (Å²) >= 11 is 6.41. The third-order valence-electron chi connectivity index (χ3n) is 5.51. The predicted octanol–water partition coefficient (Wildman–Crippen LogP) is 2.74. The van der Waals surface area contributed by atoms with Crippen molar-refractivity contribution in [1.82, 2.24) is 9.80 Å². The number of halogens is 1. The first-order valence-corrected chi connectivity index (χ1v) is 10.1. The fourth-order valence-electron chi connectivity index (χ4n) is 3.70. The Balaban J connectivity index is 1.52. The van der Waals surface area contributed by atoms with Crippen LogP contribution >= 0.6 is 11.6 Å². The van der Waals surface area contributed by atoms with Gasteiger partial charge in [-0.1, -0.05) is 17.7 Å². The summed E-state index contributed by atoms with van der Waals surface area (Å²) in [5.41, 5.74) is 1.08. The van der Waals surface area contributed by atoms with Crippen LogP contribution in [0, 0.1) is 5.92 Å². The Morgan fingerprint density at radius 3 is 2.81 bits per heavy atom. The van der Waals surface area contributed by atoms with E-state index >= 15 is 0 Å². The molecule has 2 saturated heterocycles. The fraction of sp³-hybridized carbons (Fsp3) is 0.650. The molecular formula is C20H29ClN2O4. The van der Waals surface area contributed by atoms with Gasteiger partial charge in [0.15, 0.2) is 0 Å². The lowest BCUT2D eigenvalue weighted by Gasteiger charge is -2.36. The molecular weight excluding hydrogens is 368 g/mol. The number of rotatable bonds is 7. The van der Waals surface area contributed by atoms with Gasteiger partial charge in [0.25, 0.3) is 0 Å². The quantitative estimate of drug-likeness (QED) is 0.764. The minimum atomic E-state index is -0.700. The molecule has 150 valence electrons. The highest BCUT2D eigenvalue weighted by Gasteiger charge is 2.29. The van der Waals surface area contributed by atoms with Crippen LogP contribution in [0.5, 0.6) is 5.75 Å².